The number of benzene rings is 1. The molecule has 7 nitrogen and oxygen atoms in total. The molecule has 0 bridgehead atoms. The fourth-order valence-corrected chi connectivity index (χ4v) is 4.55. The highest BCUT2D eigenvalue weighted by molar-refractivity contribution is 7.15. The lowest BCUT2D eigenvalue weighted by atomic mass is 9.98. The average Bonchev–Trinajstić information content (AvgIpc) is 3.36. The fraction of sp³-hybridized carbons (Fsp3) is 0.368. The second-order valence-electron chi connectivity index (χ2n) is 7.09. The van der Waals surface area contributed by atoms with E-state index in [1.807, 2.05) is 0 Å². The van der Waals surface area contributed by atoms with Crippen molar-refractivity contribution < 1.29 is 18.8 Å². The van der Waals surface area contributed by atoms with Crippen molar-refractivity contribution in [2.45, 2.75) is 37.6 Å². The lowest BCUT2D eigenvalue weighted by molar-refractivity contribution is -0.133. The summed E-state index contributed by atoms with van der Waals surface area (Å²) < 4.78 is 13.0. The highest BCUT2D eigenvalue weighted by Gasteiger charge is 2.52. The highest BCUT2D eigenvalue weighted by atomic mass is 32.1. The molecule has 1 aliphatic carbocycles. The van der Waals surface area contributed by atoms with Gasteiger partial charge in [-0.15, -0.1) is 11.3 Å². The number of halogens is 1. The molecule has 0 unspecified atom stereocenters. The monoisotopic (exact) mass is 402 g/mol. The molecule has 1 saturated carbocycles. The number of anilines is 1. The Hall–Kier alpha value is -2.81. The molecule has 0 atom stereocenters. The van der Waals surface area contributed by atoms with E-state index in [2.05, 4.69) is 15.6 Å². The number of thiazole rings is 1. The van der Waals surface area contributed by atoms with E-state index in [9.17, 15) is 18.8 Å². The minimum absolute atomic E-state index is 0.291. The Morgan fingerprint density at radius 1 is 1.25 bits per heavy atom. The van der Waals surface area contributed by atoms with Gasteiger partial charge in [-0.3, -0.25) is 14.5 Å². The molecule has 28 heavy (non-hydrogen) atoms. The molecule has 4 rings (SSSR count). The zero-order valence-corrected chi connectivity index (χ0v) is 15.9. The predicted octanol–water partition coefficient (Wildman–Crippen LogP) is 2.68. The first-order valence-corrected chi connectivity index (χ1v) is 9.90. The third-order valence-corrected chi connectivity index (χ3v) is 6.01. The van der Waals surface area contributed by atoms with E-state index in [-0.39, 0.29) is 18.3 Å². The van der Waals surface area contributed by atoms with E-state index in [1.54, 1.807) is 18.3 Å². The van der Waals surface area contributed by atoms with Crippen molar-refractivity contribution in [2.24, 2.45) is 0 Å². The predicted molar refractivity (Wildman–Crippen MR) is 101 cm³/mol. The Balaban J connectivity index is 1.35. The number of nitrogens with one attached hydrogen (secondary N) is 2. The Morgan fingerprint density at radius 2 is 1.96 bits per heavy atom. The average molecular weight is 402 g/mol. The van der Waals surface area contributed by atoms with Gasteiger partial charge in [0.05, 0.1) is 0 Å². The van der Waals surface area contributed by atoms with Crippen LogP contribution < -0.4 is 10.6 Å². The second kappa shape index (κ2) is 7.31. The Bertz CT molecular complexity index is 922. The third kappa shape index (κ3) is 3.62. The second-order valence-corrected chi connectivity index (χ2v) is 8.21. The van der Waals surface area contributed by atoms with Crippen LogP contribution in [-0.4, -0.2) is 39.8 Å². The maximum absolute atomic E-state index is 13.0. The Morgan fingerprint density at radius 3 is 2.68 bits per heavy atom. The normalized spacial score (nSPS) is 18.0. The summed E-state index contributed by atoms with van der Waals surface area (Å²) >= 11 is 1.30. The molecule has 0 radical (unpaired) electrons. The zero-order chi connectivity index (χ0) is 19.7. The molecule has 1 aromatic carbocycles. The van der Waals surface area contributed by atoms with Gasteiger partial charge in [0.25, 0.3) is 5.91 Å². The summed E-state index contributed by atoms with van der Waals surface area (Å²) in [5, 5.41) is 5.78. The highest BCUT2D eigenvalue weighted by Crippen LogP contribution is 2.35. The van der Waals surface area contributed by atoms with Gasteiger partial charge < -0.3 is 10.6 Å². The number of carbonyl (C=O) groups excluding carboxylic acids is 3. The third-order valence-electron chi connectivity index (χ3n) is 5.10. The SMILES string of the molecule is O=C(CN1C(=O)NC2(CCCC2)C1=O)Nc1ncc(Cc2ccc(F)cc2)s1. The molecule has 2 N–H and O–H groups in total. The van der Waals surface area contributed by atoms with Gasteiger partial charge in [-0.05, 0) is 30.5 Å². The number of rotatable bonds is 5. The quantitative estimate of drug-likeness (QED) is 0.753. The summed E-state index contributed by atoms with van der Waals surface area (Å²) in [7, 11) is 0. The van der Waals surface area contributed by atoms with Crippen LogP contribution in [0.4, 0.5) is 14.3 Å². The summed E-state index contributed by atoms with van der Waals surface area (Å²) in [6.07, 6.45) is 5.24. The van der Waals surface area contributed by atoms with Gasteiger partial charge in [0.2, 0.25) is 5.91 Å². The van der Waals surface area contributed by atoms with Crippen LogP contribution in [0.3, 0.4) is 0 Å². The summed E-state index contributed by atoms with van der Waals surface area (Å²) in [5.74, 6) is -1.08. The van der Waals surface area contributed by atoms with Crippen molar-refractivity contribution in [3.63, 3.8) is 0 Å². The van der Waals surface area contributed by atoms with Crippen LogP contribution in [0.1, 0.15) is 36.1 Å². The maximum atomic E-state index is 13.0. The molecule has 1 saturated heterocycles. The van der Waals surface area contributed by atoms with Crippen LogP contribution >= 0.6 is 11.3 Å². The summed E-state index contributed by atoms with van der Waals surface area (Å²) in [5.41, 5.74) is 0.116. The summed E-state index contributed by atoms with van der Waals surface area (Å²) in [4.78, 5) is 43.1. The molecule has 2 aliphatic rings. The first-order chi connectivity index (χ1) is 13.4. The molecule has 146 valence electrons. The largest absolute Gasteiger partial charge is 0.325 e. The van der Waals surface area contributed by atoms with E-state index in [0.29, 0.717) is 24.4 Å². The number of carbonyl (C=O) groups is 3. The van der Waals surface area contributed by atoms with Crippen LogP contribution in [0, 0.1) is 5.82 Å². The number of nitrogens with zero attached hydrogens (tertiary/aromatic N) is 2. The van der Waals surface area contributed by atoms with E-state index in [1.165, 1.54) is 23.5 Å². The van der Waals surface area contributed by atoms with Gasteiger partial charge in [0.1, 0.15) is 17.9 Å². The number of amides is 4. The molecule has 1 aromatic heterocycles. The van der Waals surface area contributed by atoms with E-state index in [4.69, 9.17) is 0 Å². The van der Waals surface area contributed by atoms with Crippen molar-refractivity contribution >= 4 is 34.3 Å². The van der Waals surface area contributed by atoms with Crippen molar-refractivity contribution in [3.05, 3.63) is 46.7 Å². The molecule has 1 spiro atoms. The van der Waals surface area contributed by atoms with Crippen LogP contribution in [0.25, 0.3) is 0 Å². The lowest BCUT2D eigenvalue weighted by Gasteiger charge is -2.19. The molecular formula is C19H19FN4O3S. The molecule has 2 fully saturated rings. The summed E-state index contributed by atoms with van der Waals surface area (Å²) in [6, 6.07) is 5.67. The molecule has 1 aliphatic heterocycles. The van der Waals surface area contributed by atoms with Gasteiger partial charge in [-0.2, -0.15) is 0 Å². The maximum Gasteiger partial charge on any atom is 0.325 e. The van der Waals surface area contributed by atoms with Crippen molar-refractivity contribution in [1.29, 1.82) is 0 Å². The number of hydrogen-bond donors (Lipinski definition) is 2. The van der Waals surface area contributed by atoms with Crippen LogP contribution in [0.2, 0.25) is 0 Å². The fourth-order valence-electron chi connectivity index (χ4n) is 3.69. The number of urea groups is 1. The summed E-state index contributed by atoms with van der Waals surface area (Å²) in [6.45, 7) is -0.334. The molecule has 4 amide bonds. The number of hydrogen-bond acceptors (Lipinski definition) is 5. The van der Waals surface area contributed by atoms with Gasteiger partial charge in [-0.25, -0.2) is 14.2 Å². The van der Waals surface area contributed by atoms with E-state index < -0.39 is 17.5 Å². The van der Waals surface area contributed by atoms with E-state index >= 15 is 0 Å². The van der Waals surface area contributed by atoms with Gasteiger partial charge >= 0.3 is 6.03 Å². The standard InChI is InChI=1S/C19H19FN4O3S/c20-13-5-3-12(4-6-13)9-14-10-21-17(28-14)22-15(25)11-24-16(26)19(23-18(24)27)7-1-2-8-19/h3-6,10H,1-2,7-9,11H2,(H,23,27)(H,21,22,25). The first-order valence-electron chi connectivity index (χ1n) is 9.08. The number of imide groups is 1. The molecule has 9 heteroatoms. The molecule has 2 aromatic rings. The molecular weight excluding hydrogens is 383 g/mol. The van der Waals surface area contributed by atoms with Crippen LogP contribution in [-0.2, 0) is 16.0 Å². The van der Waals surface area contributed by atoms with Crippen LogP contribution in [0.5, 0.6) is 0 Å². The topological polar surface area (TPSA) is 91.4 Å². The minimum atomic E-state index is -0.819. The van der Waals surface area contributed by atoms with Gasteiger partial charge in [0.15, 0.2) is 5.13 Å². The Labute approximate surface area is 164 Å². The smallest absolute Gasteiger partial charge is 0.323 e. The van der Waals surface area contributed by atoms with Crippen molar-refractivity contribution in [2.75, 3.05) is 11.9 Å². The zero-order valence-electron chi connectivity index (χ0n) is 15.0. The number of aromatic nitrogens is 1. The van der Waals surface area contributed by atoms with Crippen molar-refractivity contribution in [3.8, 4) is 0 Å². The van der Waals surface area contributed by atoms with Crippen molar-refractivity contribution in [1.82, 2.24) is 15.2 Å². The first kappa shape index (κ1) is 18.5. The van der Waals surface area contributed by atoms with Crippen LogP contribution in [0.15, 0.2) is 30.5 Å². The van der Waals surface area contributed by atoms with E-state index in [0.717, 1.165) is 28.2 Å². The lowest BCUT2D eigenvalue weighted by Crippen LogP contribution is -2.44. The Kier molecular flexibility index (Phi) is 4.84. The van der Waals surface area contributed by atoms with Gasteiger partial charge in [0, 0.05) is 17.5 Å². The minimum Gasteiger partial charge on any atom is -0.323 e. The molecule has 2 heterocycles. The van der Waals surface area contributed by atoms with Gasteiger partial charge in [-0.1, -0.05) is 25.0 Å².